The van der Waals surface area contributed by atoms with E-state index < -0.39 is 18.7 Å². The number of benzene rings is 2. The monoisotopic (exact) mass is 450 g/mol. The first-order valence-corrected chi connectivity index (χ1v) is 10.9. The lowest BCUT2D eigenvalue weighted by Gasteiger charge is -2.11. The Balaban J connectivity index is 1.89. The third-order valence-electron chi connectivity index (χ3n) is 4.95. The van der Waals surface area contributed by atoms with Crippen molar-refractivity contribution in [3.05, 3.63) is 87.5 Å². The Labute approximate surface area is 188 Å². The lowest BCUT2D eigenvalue weighted by Crippen LogP contribution is -2.16. The summed E-state index contributed by atoms with van der Waals surface area (Å²) in [7, 11) is 0. The molecule has 2 aromatic heterocycles. The number of hydrogen-bond donors (Lipinski definition) is 3. The molecule has 3 N–H and O–H groups in total. The summed E-state index contributed by atoms with van der Waals surface area (Å²) in [6.07, 6.45) is -0.990. The van der Waals surface area contributed by atoms with Gasteiger partial charge in [0.05, 0.1) is 24.6 Å². The fourth-order valence-electron chi connectivity index (χ4n) is 3.41. The molecule has 0 aliphatic rings. The summed E-state index contributed by atoms with van der Waals surface area (Å²) in [5, 5.41) is 23.0. The Morgan fingerprint density at radius 3 is 2.47 bits per heavy atom. The number of thiophene rings is 1. The van der Waals surface area contributed by atoms with Gasteiger partial charge >= 0.3 is 5.97 Å². The van der Waals surface area contributed by atoms with E-state index in [0.29, 0.717) is 32.0 Å². The number of fused-ring (bicyclic) bond motifs is 1. The molecule has 4 aromatic rings. The molecule has 0 saturated carbocycles. The number of aromatic nitrogens is 1. The molecular weight excluding hydrogens is 428 g/mol. The van der Waals surface area contributed by atoms with Crippen LogP contribution in [-0.2, 0) is 4.74 Å². The molecule has 1 atom stereocenters. The van der Waals surface area contributed by atoms with Gasteiger partial charge in [-0.3, -0.25) is 9.36 Å². The molecule has 1 unspecified atom stereocenters. The summed E-state index contributed by atoms with van der Waals surface area (Å²) in [6.45, 7) is 1.59. The van der Waals surface area contributed by atoms with Crippen LogP contribution in [0.3, 0.4) is 0 Å². The first-order valence-electron chi connectivity index (χ1n) is 10.1. The normalized spacial score (nSPS) is 12.0. The number of carbonyl (C=O) groups is 1. The highest BCUT2D eigenvalue weighted by Crippen LogP contribution is 2.38. The van der Waals surface area contributed by atoms with E-state index >= 15 is 0 Å². The van der Waals surface area contributed by atoms with E-state index in [4.69, 9.17) is 9.84 Å². The summed E-state index contributed by atoms with van der Waals surface area (Å²) in [5.74, 6) is -0.465. The molecule has 0 amide bonds. The van der Waals surface area contributed by atoms with Crippen LogP contribution in [0.4, 0.5) is 11.4 Å². The minimum absolute atomic E-state index is 0.235. The fraction of sp³-hybridized carbons (Fsp3) is 0.167. The van der Waals surface area contributed by atoms with E-state index in [0.717, 1.165) is 5.69 Å². The second-order valence-electron chi connectivity index (χ2n) is 7.03. The molecular formula is C24H22N2O5S. The van der Waals surface area contributed by atoms with Gasteiger partial charge in [0.25, 0.3) is 5.56 Å². The largest absolute Gasteiger partial charge is 0.462 e. The van der Waals surface area contributed by atoms with Crippen molar-refractivity contribution in [2.24, 2.45) is 0 Å². The number of hydrogen-bond acceptors (Lipinski definition) is 7. The Hall–Kier alpha value is -3.46. The lowest BCUT2D eigenvalue weighted by atomic mass is 10.1. The number of rotatable bonds is 7. The van der Waals surface area contributed by atoms with E-state index in [1.54, 1.807) is 37.3 Å². The first-order chi connectivity index (χ1) is 15.5. The molecule has 164 valence electrons. The third kappa shape index (κ3) is 4.16. The Bertz CT molecular complexity index is 1300. The first kappa shape index (κ1) is 21.8. The minimum Gasteiger partial charge on any atom is -0.462 e. The van der Waals surface area contributed by atoms with Crippen molar-refractivity contribution in [2.45, 2.75) is 13.0 Å². The van der Waals surface area contributed by atoms with E-state index in [1.165, 1.54) is 22.0 Å². The van der Waals surface area contributed by atoms with Crippen molar-refractivity contribution < 1.29 is 19.7 Å². The van der Waals surface area contributed by atoms with Gasteiger partial charge in [0.15, 0.2) is 0 Å². The van der Waals surface area contributed by atoms with Gasteiger partial charge in [-0.25, -0.2) is 4.79 Å². The second-order valence-corrected chi connectivity index (χ2v) is 8.03. The number of aliphatic hydroxyl groups excluding tert-OH is 2. The Morgan fingerprint density at radius 1 is 1.09 bits per heavy atom. The molecule has 2 heterocycles. The predicted molar refractivity (Wildman–Crippen MR) is 125 cm³/mol. The van der Waals surface area contributed by atoms with Crippen LogP contribution in [0.1, 0.15) is 28.3 Å². The SMILES string of the molecule is CCOC(=O)c1sc2c(ccc(=O)n2-c2ccc(C(O)CO)cc2)c1Nc1ccccc1. The smallest absolute Gasteiger partial charge is 0.350 e. The molecule has 0 fully saturated rings. The van der Waals surface area contributed by atoms with Crippen LogP contribution < -0.4 is 10.9 Å². The number of pyridine rings is 1. The highest BCUT2D eigenvalue weighted by atomic mass is 32.1. The number of anilines is 2. The van der Waals surface area contributed by atoms with Crippen molar-refractivity contribution in [3.8, 4) is 5.69 Å². The quantitative estimate of drug-likeness (QED) is 0.368. The molecule has 0 radical (unpaired) electrons. The second kappa shape index (κ2) is 9.35. The average molecular weight is 451 g/mol. The van der Waals surface area contributed by atoms with Crippen molar-refractivity contribution in [1.29, 1.82) is 0 Å². The summed E-state index contributed by atoms with van der Waals surface area (Å²) in [6, 6.07) is 19.3. The number of para-hydroxylation sites is 1. The molecule has 0 saturated heterocycles. The van der Waals surface area contributed by atoms with Crippen molar-refractivity contribution in [1.82, 2.24) is 4.57 Å². The molecule has 7 nitrogen and oxygen atoms in total. The average Bonchev–Trinajstić information content (AvgIpc) is 3.17. The van der Waals surface area contributed by atoms with Gasteiger partial charge in [-0.05, 0) is 42.8 Å². The maximum atomic E-state index is 12.8. The molecule has 4 rings (SSSR count). The summed E-state index contributed by atoms with van der Waals surface area (Å²) in [5.41, 5.74) is 2.25. The number of carbonyl (C=O) groups excluding carboxylic acids is 1. The number of esters is 1. The van der Waals surface area contributed by atoms with Crippen molar-refractivity contribution in [3.63, 3.8) is 0 Å². The van der Waals surface area contributed by atoms with E-state index in [-0.39, 0.29) is 12.2 Å². The van der Waals surface area contributed by atoms with Crippen LogP contribution in [0.5, 0.6) is 0 Å². The predicted octanol–water partition coefficient (Wildman–Crippen LogP) is 4.00. The van der Waals surface area contributed by atoms with E-state index in [1.807, 2.05) is 30.3 Å². The van der Waals surface area contributed by atoms with Crippen LogP contribution in [0.15, 0.2) is 71.5 Å². The Morgan fingerprint density at radius 2 is 1.81 bits per heavy atom. The summed E-state index contributed by atoms with van der Waals surface area (Å²) >= 11 is 1.18. The highest BCUT2D eigenvalue weighted by Gasteiger charge is 2.22. The summed E-state index contributed by atoms with van der Waals surface area (Å²) < 4.78 is 6.78. The zero-order valence-corrected chi connectivity index (χ0v) is 18.1. The number of nitrogens with zero attached hydrogens (tertiary/aromatic N) is 1. The van der Waals surface area contributed by atoms with Crippen molar-refractivity contribution >= 4 is 38.9 Å². The van der Waals surface area contributed by atoms with Gasteiger partial charge < -0.3 is 20.3 Å². The lowest BCUT2D eigenvalue weighted by molar-refractivity contribution is 0.0533. The van der Waals surface area contributed by atoms with Crippen molar-refractivity contribution in [2.75, 3.05) is 18.5 Å². The molecule has 0 aliphatic carbocycles. The van der Waals surface area contributed by atoms with E-state index in [2.05, 4.69) is 5.32 Å². The van der Waals surface area contributed by atoms with Gasteiger partial charge in [-0.1, -0.05) is 30.3 Å². The molecule has 2 aromatic carbocycles. The van der Waals surface area contributed by atoms with Gasteiger partial charge in [0, 0.05) is 17.1 Å². The fourth-order valence-corrected chi connectivity index (χ4v) is 4.57. The molecule has 32 heavy (non-hydrogen) atoms. The maximum Gasteiger partial charge on any atom is 0.350 e. The minimum atomic E-state index is -0.990. The molecule has 0 aliphatic heterocycles. The van der Waals surface area contributed by atoms with E-state index in [9.17, 15) is 14.7 Å². The van der Waals surface area contributed by atoms with Gasteiger partial charge in [-0.15, -0.1) is 11.3 Å². The van der Waals surface area contributed by atoms with Crippen LogP contribution in [0, 0.1) is 0 Å². The molecule has 8 heteroatoms. The number of ether oxygens (including phenoxy) is 1. The number of aliphatic hydroxyl groups is 2. The van der Waals surface area contributed by atoms with Gasteiger partial charge in [0.1, 0.15) is 15.8 Å². The van der Waals surface area contributed by atoms with Gasteiger partial charge in [-0.2, -0.15) is 0 Å². The van der Waals surface area contributed by atoms with Crippen LogP contribution in [-0.4, -0.2) is 34.0 Å². The third-order valence-corrected chi connectivity index (χ3v) is 6.13. The zero-order chi connectivity index (χ0) is 22.7. The van der Waals surface area contributed by atoms with Crippen LogP contribution in [0.25, 0.3) is 15.9 Å². The standard InChI is InChI=1S/C24H22N2O5S/c1-2-31-24(30)22-21(25-16-6-4-3-5-7-16)18-12-13-20(29)26(23(18)32-22)17-10-8-15(9-11-17)19(28)14-27/h3-13,19,25,27-28H,2,14H2,1H3. The topological polar surface area (TPSA) is 101 Å². The maximum absolute atomic E-state index is 12.8. The summed E-state index contributed by atoms with van der Waals surface area (Å²) in [4.78, 5) is 26.5. The Kier molecular flexibility index (Phi) is 6.36. The molecule has 0 bridgehead atoms. The van der Waals surface area contributed by atoms with Crippen LogP contribution >= 0.6 is 11.3 Å². The zero-order valence-electron chi connectivity index (χ0n) is 17.3. The molecule has 0 spiro atoms. The highest BCUT2D eigenvalue weighted by molar-refractivity contribution is 7.21. The van der Waals surface area contributed by atoms with Gasteiger partial charge in [0.2, 0.25) is 0 Å². The van der Waals surface area contributed by atoms with Crippen LogP contribution in [0.2, 0.25) is 0 Å². The number of nitrogens with one attached hydrogen (secondary N) is 1.